The van der Waals surface area contributed by atoms with Crippen molar-refractivity contribution >= 4 is 99.5 Å². The van der Waals surface area contributed by atoms with Crippen LogP contribution in [0.3, 0.4) is 0 Å². The molecule has 0 saturated carbocycles. The third-order valence-electron chi connectivity index (χ3n) is 14.3. The van der Waals surface area contributed by atoms with Crippen LogP contribution in [0.5, 0.6) is 0 Å². The third-order valence-corrected chi connectivity index (χ3v) is 14.3. The number of anilines is 6. The lowest BCUT2D eigenvalue weighted by Gasteiger charge is -2.27. The first-order chi connectivity index (χ1) is 36.2. The molecule has 0 saturated heterocycles. The molecular weight excluding hydrogens is 887 g/mol. The van der Waals surface area contributed by atoms with Gasteiger partial charge in [-0.3, -0.25) is 0 Å². The molecule has 0 aliphatic heterocycles. The highest BCUT2D eigenvalue weighted by molar-refractivity contribution is 6.27. The van der Waals surface area contributed by atoms with E-state index >= 15 is 0 Å². The Morgan fingerprint density at radius 1 is 0.260 bits per heavy atom. The van der Waals surface area contributed by atoms with E-state index in [2.05, 4.69) is 287 Å². The van der Waals surface area contributed by atoms with Gasteiger partial charge in [-0.1, -0.05) is 164 Å². The first-order valence-electron chi connectivity index (χ1n) is 24.8. The lowest BCUT2D eigenvalue weighted by atomic mass is 9.97. The smallest absolute Gasteiger partial charge is 0.0995 e. The zero-order valence-electron chi connectivity index (χ0n) is 39.7. The summed E-state index contributed by atoms with van der Waals surface area (Å²) in [5, 5.41) is 6.46. The fourth-order valence-electron chi connectivity index (χ4n) is 10.9. The SMILES string of the molecule is c1ccc(-c2ccc(-n3c4ccc(-c5ccccc5)cc4c4c5nc6c7ccc(N(c8ccccc8)c8ccccc8)cc7c7cc(N(c8ccccc8)c8ccccc8)ccc7c6nc5ccc43)cc2)cc1. The van der Waals surface area contributed by atoms with Crippen molar-refractivity contribution in [3.05, 3.63) is 273 Å². The van der Waals surface area contributed by atoms with Crippen LogP contribution >= 0.6 is 0 Å². The van der Waals surface area contributed by atoms with Gasteiger partial charge < -0.3 is 14.4 Å². The molecule has 0 aliphatic carbocycles. The molecule has 0 fully saturated rings. The maximum absolute atomic E-state index is 5.84. The molecule has 14 rings (SSSR count). The number of benzene rings is 12. The van der Waals surface area contributed by atoms with Crippen molar-refractivity contribution in [2.24, 2.45) is 0 Å². The number of aromatic nitrogens is 3. The van der Waals surface area contributed by atoms with Crippen molar-refractivity contribution < 1.29 is 0 Å². The van der Waals surface area contributed by atoms with E-state index in [0.29, 0.717) is 0 Å². The number of nitrogens with zero attached hydrogens (tertiary/aromatic N) is 5. The van der Waals surface area contributed by atoms with Gasteiger partial charge in [-0.15, -0.1) is 0 Å². The largest absolute Gasteiger partial charge is 0.310 e. The minimum Gasteiger partial charge on any atom is -0.310 e. The summed E-state index contributed by atoms with van der Waals surface area (Å²) in [6.07, 6.45) is 0. The Balaban J connectivity index is 1.06. The molecule has 0 N–H and O–H groups in total. The Morgan fingerprint density at radius 3 is 1.16 bits per heavy atom. The molecular formula is C68H45N5. The van der Waals surface area contributed by atoms with Crippen LogP contribution in [0.1, 0.15) is 0 Å². The zero-order valence-corrected chi connectivity index (χ0v) is 39.7. The van der Waals surface area contributed by atoms with Crippen LogP contribution in [0.25, 0.3) is 93.4 Å². The van der Waals surface area contributed by atoms with Gasteiger partial charge in [0.25, 0.3) is 0 Å². The van der Waals surface area contributed by atoms with Gasteiger partial charge in [0.15, 0.2) is 0 Å². The lowest BCUT2D eigenvalue weighted by molar-refractivity contribution is 1.18. The van der Waals surface area contributed by atoms with Crippen LogP contribution in [-0.4, -0.2) is 14.5 Å². The Hall–Kier alpha value is -9.84. The molecule has 2 aromatic heterocycles. The Labute approximate surface area is 422 Å². The normalized spacial score (nSPS) is 11.6. The van der Waals surface area contributed by atoms with Gasteiger partial charge >= 0.3 is 0 Å². The van der Waals surface area contributed by atoms with Crippen molar-refractivity contribution in [1.82, 2.24) is 14.5 Å². The van der Waals surface area contributed by atoms with E-state index in [1.165, 1.54) is 16.7 Å². The van der Waals surface area contributed by atoms with Crippen LogP contribution in [0.15, 0.2) is 273 Å². The first-order valence-corrected chi connectivity index (χ1v) is 24.8. The average Bonchev–Trinajstić information content (AvgIpc) is 3.81. The van der Waals surface area contributed by atoms with Crippen molar-refractivity contribution in [3.63, 3.8) is 0 Å². The highest BCUT2D eigenvalue weighted by atomic mass is 15.1. The Morgan fingerprint density at radius 2 is 0.671 bits per heavy atom. The van der Waals surface area contributed by atoms with Crippen molar-refractivity contribution in [3.8, 4) is 27.9 Å². The quantitative estimate of drug-likeness (QED) is 0.107. The monoisotopic (exact) mass is 931 g/mol. The molecule has 342 valence electrons. The van der Waals surface area contributed by atoms with Crippen molar-refractivity contribution in [1.29, 1.82) is 0 Å². The number of fused-ring (bicyclic) bond motifs is 11. The van der Waals surface area contributed by atoms with Crippen LogP contribution in [0.2, 0.25) is 0 Å². The van der Waals surface area contributed by atoms with Gasteiger partial charge in [0, 0.05) is 61.4 Å². The molecule has 5 nitrogen and oxygen atoms in total. The molecule has 0 radical (unpaired) electrons. The molecule has 0 bridgehead atoms. The summed E-state index contributed by atoms with van der Waals surface area (Å²) < 4.78 is 2.39. The second-order valence-corrected chi connectivity index (χ2v) is 18.6. The predicted octanol–water partition coefficient (Wildman–Crippen LogP) is 18.5. The predicted molar refractivity (Wildman–Crippen MR) is 307 cm³/mol. The molecule has 0 atom stereocenters. The second kappa shape index (κ2) is 17.5. The maximum Gasteiger partial charge on any atom is 0.0995 e. The number of hydrogen-bond acceptors (Lipinski definition) is 4. The van der Waals surface area contributed by atoms with Crippen LogP contribution in [0, 0.1) is 0 Å². The summed E-state index contributed by atoms with van der Waals surface area (Å²) in [5.74, 6) is 0. The van der Waals surface area contributed by atoms with E-state index in [4.69, 9.17) is 9.97 Å². The van der Waals surface area contributed by atoms with Gasteiger partial charge in [0.05, 0.1) is 33.1 Å². The van der Waals surface area contributed by atoms with Crippen molar-refractivity contribution in [2.45, 2.75) is 0 Å². The summed E-state index contributed by atoms with van der Waals surface area (Å²) in [5.41, 5.74) is 17.8. The van der Waals surface area contributed by atoms with Crippen LogP contribution < -0.4 is 9.80 Å². The highest BCUT2D eigenvalue weighted by Gasteiger charge is 2.22. The minimum absolute atomic E-state index is 0.847. The molecule has 0 amide bonds. The Kier molecular flexibility index (Phi) is 10.1. The summed E-state index contributed by atoms with van der Waals surface area (Å²) in [6, 6.07) is 97.5. The van der Waals surface area contributed by atoms with Gasteiger partial charge in [-0.05, 0) is 142 Å². The Bertz CT molecular complexity index is 4260. The van der Waals surface area contributed by atoms with Crippen LogP contribution in [0.4, 0.5) is 34.1 Å². The average molecular weight is 932 g/mol. The molecule has 12 aromatic carbocycles. The van der Waals surface area contributed by atoms with E-state index in [1.54, 1.807) is 0 Å². The highest BCUT2D eigenvalue weighted by Crippen LogP contribution is 2.45. The third kappa shape index (κ3) is 7.25. The maximum atomic E-state index is 5.84. The molecule has 14 aromatic rings. The molecule has 73 heavy (non-hydrogen) atoms. The van der Waals surface area contributed by atoms with E-state index in [-0.39, 0.29) is 0 Å². The summed E-state index contributed by atoms with van der Waals surface area (Å²) in [4.78, 5) is 16.2. The molecule has 0 aliphatic rings. The first kappa shape index (κ1) is 42.1. The topological polar surface area (TPSA) is 37.2 Å². The number of para-hydroxylation sites is 4. The van der Waals surface area contributed by atoms with E-state index in [0.717, 1.165) is 111 Å². The lowest BCUT2D eigenvalue weighted by Crippen LogP contribution is -2.10. The second-order valence-electron chi connectivity index (χ2n) is 18.6. The van der Waals surface area contributed by atoms with E-state index in [1.807, 2.05) is 0 Å². The fraction of sp³-hybridized carbons (Fsp3) is 0. The number of rotatable bonds is 9. The molecule has 2 heterocycles. The molecule has 0 spiro atoms. The summed E-state index contributed by atoms with van der Waals surface area (Å²) in [7, 11) is 0. The van der Waals surface area contributed by atoms with Crippen LogP contribution in [-0.2, 0) is 0 Å². The summed E-state index contributed by atoms with van der Waals surface area (Å²) >= 11 is 0. The van der Waals surface area contributed by atoms with Gasteiger partial charge in [0.1, 0.15) is 0 Å². The number of hydrogen-bond donors (Lipinski definition) is 0. The minimum atomic E-state index is 0.847. The summed E-state index contributed by atoms with van der Waals surface area (Å²) in [6.45, 7) is 0. The molecule has 5 heteroatoms. The van der Waals surface area contributed by atoms with Gasteiger partial charge in [-0.25, -0.2) is 9.97 Å². The zero-order chi connectivity index (χ0) is 48.2. The van der Waals surface area contributed by atoms with Crippen molar-refractivity contribution in [2.75, 3.05) is 9.80 Å². The van der Waals surface area contributed by atoms with Gasteiger partial charge in [-0.2, -0.15) is 0 Å². The standard InChI is InChI=1S/C68H45N5/c1-7-19-46(20-8-1)48-31-34-54(35-32-48)73-63-41-33-49(47-21-9-2-10-22-47)43-61(63)65-64(73)42-40-62-68(65)70-67-58-39-37-56(72(52-27-15-5-16-28-52)53-29-17-6-18-30-53)45-60(58)59-44-55(36-38-57(59)66(67)69-62)71(50-23-11-3-12-24-50)51-25-13-4-14-26-51/h1-45H. The van der Waals surface area contributed by atoms with Gasteiger partial charge in [0.2, 0.25) is 0 Å². The van der Waals surface area contributed by atoms with E-state index < -0.39 is 0 Å². The fourth-order valence-corrected chi connectivity index (χ4v) is 10.9. The van der Waals surface area contributed by atoms with E-state index in [9.17, 15) is 0 Å². The molecule has 0 unspecified atom stereocenters.